The largest absolute Gasteiger partial charge is 0.461 e. The van der Waals surface area contributed by atoms with Gasteiger partial charge in [-0.25, -0.2) is 0 Å². The van der Waals surface area contributed by atoms with Crippen LogP contribution in [0.3, 0.4) is 0 Å². The van der Waals surface area contributed by atoms with Crippen LogP contribution in [-0.4, -0.2) is 14.0 Å². The highest BCUT2D eigenvalue weighted by Gasteiger charge is 2.31. The molecular weight excluding hydrogens is 252 g/mol. The summed E-state index contributed by atoms with van der Waals surface area (Å²) in [5.41, 5.74) is 5.33. The fourth-order valence-electron chi connectivity index (χ4n) is 1.61. The molecule has 0 unspecified atom stereocenters. The van der Waals surface area contributed by atoms with Gasteiger partial charge >= 0.3 is 5.97 Å². The van der Waals surface area contributed by atoms with E-state index in [9.17, 15) is 4.79 Å². The van der Waals surface area contributed by atoms with Gasteiger partial charge in [0.1, 0.15) is 14.7 Å². The van der Waals surface area contributed by atoms with E-state index in [2.05, 4.69) is 31.1 Å². The van der Waals surface area contributed by atoms with Crippen LogP contribution in [0, 0.1) is 17.4 Å². The van der Waals surface area contributed by atoms with E-state index >= 15 is 0 Å². The lowest BCUT2D eigenvalue weighted by molar-refractivity contribution is -0.146. The van der Waals surface area contributed by atoms with Crippen molar-refractivity contribution in [2.24, 2.45) is 5.92 Å². The van der Waals surface area contributed by atoms with Crippen molar-refractivity contribution in [2.75, 3.05) is 0 Å². The summed E-state index contributed by atoms with van der Waals surface area (Å²) in [5, 5.41) is 0. The Bertz CT molecular complexity index is 528. The zero-order chi connectivity index (χ0) is 13.9. The number of carbonyl (C=O) groups is 1. The summed E-state index contributed by atoms with van der Waals surface area (Å²) in [7, 11) is -1.38. The van der Waals surface area contributed by atoms with Crippen molar-refractivity contribution in [3.63, 3.8) is 0 Å². The summed E-state index contributed by atoms with van der Waals surface area (Å²) in [6.07, 6.45) is 1.96. The van der Waals surface area contributed by atoms with Gasteiger partial charge in [-0.15, -0.1) is 5.54 Å². The molecule has 0 radical (unpaired) electrons. The maximum Gasteiger partial charge on any atom is 0.309 e. The maximum atomic E-state index is 11.6. The molecule has 0 bridgehead atoms. The molecule has 1 fully saturated rings. The molecule has 1 aliphatic carbocycles. The van der Waals surface area contributed by atoms with Crippen molar-refractivity contribution in [3.8, 4) is 11.5 Å². The summed E-state index contributed by atoms with van der Waals surface area (Å²) in [6, 6.07) is 7.91. The number of benzene rings is 1. The van der Waals surface area contributed by atoms with E-state index in [0.717, 1.165) is 24.0 Å². The molecule has 100 valence electrons. The third kappa shape index (κ3) is 4.57. The average Bonchev–Trinajstić information content (AvgIpc) is 3.17. The molecule has 1 aliphatic rings. The number of hydrogen-bond acceptors (Lipinski definition) is 2. The molecular formula is C16H20O2Si. The van der Waals surface area contributed by atoms with Gasteiger partial charge in [0.05, 0.1) is 5.92 Å². The molecule has 0 aromatic heterocycles. The quantitative estimate of drug-likeness (QED) is 0.479. The van der Waals surface area contributed by atoms with Gasteiger partial charge in [-0.2, -0.15) is 0 Å². The first-order chi connectivity index (χ1) is 8.96. The molecule has 1 aromatic rings. The molecule has 1 saturated carbocycles. The van der Waals surface area contributed by atoms with Crippen molar-refractivity contribution in [3.05, 3.63) is 35.4 Å². The van der Waals surface area contributed by atoms with Crippen molar-refractivity contribution in [1.82, 2.24) is 0 Å². The highest BCUT2D eigenvalue weighted by atomic mass is 28.3. The Kier molecular flexibility index (Phi) is 4.11. The SMILES string of the molecule is C[Si](C)(C)C#Cc1ccccc1COC(=O)C1CC1. The zero-order valence-electron chi connectivity index (χ0n) is 11.8. The summed E-state index contributed by atoms with van der Waals surface area (Å²) in [5.74, 6) is 3.33. The second kappa shape index (κ2) is 5.62. The Morgan fingerprint density at radius 2 is 2.00 bits per heavy atom. The van der Waals surface area contributed by atoms with Crippen LogP contribution >= 0.6 is 0 Å². The molecule has 0 saturated heterocycles. The second-order valence-electron chi connectivity index (χ2n) is 6.04. The summed E-state index contributed by atoms with van der Waals surface area (Å²) in [6.45, 7) is 6.99. The van der Waals surface area contributed by atoms with Crippen LogP contribution in [0.25, 0.3) is 0 Å². The lowest BCUT2D eigenvalue weighted by Gasteiger charge is -2.07. The summed E-state index contributed by atoms with van der Waals surface area (Å²) < 4.78 is 5.33. The minimum absolute atomic E-state index is 0.0621. The summed E-state index contributed by atoms with van der Waals surface area (Å²) in [4.78, 5) is 11.6. The smallest absolute Gasteiger partial charge is 0.309 e. The van der Waals surface area contributed by atoms with E-state index in [1.807, 2.05) is 24.3 Å². The first-order valence-electron chi connectivity index (χ1n) is 6.73. The minimum atomic E-state index is -1.38. The lowest BCUT2D eigenvalue weighted by Crippen LogP contribution is -2.16. The summed E-state index contributed by atoms with van der Waals surface area (Å²) >= 11 is 0. The Hall–Kier alpha value is -1.53. The maximum absolute atomic E-state index is 11.6. The van der Waals surface area contributed by atoms with Gasteiger partial charge in [0, 0.05) is 11.1 Å². The molecule has 3 heteroatoms. The highest BCUT2D eigenvalue weighted by Crippen LogP contribution is 2.30. The molecule has 0 heterocycles. The molecule has 2 nitrogen and oxygen atoms in total. The zero-order valence-corrected chi connectivity index (χ0v) is 12.8. The van der Waals surface area contributed by atoms with Gasteiger partial charge in [0.25, 0.3) is 0 Å². The van der Waals surface area contributed by atoms with Crippen molar-refractivity contribution >= 4 is 14.0 Å². The first kappa shape index (κ1) is 13.9. The van der Waals surface area contributed by atoms with E-state index in [1.54, 1.807) is 0 Å². The van der Waals surface area contributed by atoms with Crippen LogP contribution < -0.4 is 0 Å². The Morgan fingerprint density at radius 1 is 1.32 bits per heavy atom. The standard InChI is InChI=1S/C16H20O2Si/c1-19(2,3)11-10-13-6-4-5-7-15(13)12-18-16(17)14-8-9-14/h4-7,14H,8-9,12H2,1-3H3. The molecule has 0 atom stereocenters. The van der Waals surface area contributed by atoms with Crippen LogP contribution in [0.15, 0.2) is 24.3 Å². The van der Waals surface area contributed by atoms with Crippen LogP contribution in [-0.2, 0) is 16.1 Å². The van der Waals surface area contributed by atoms with Gasteiger partial charge < -0.3 is 4.74 Å². The molecule has 19 heavy (non-hydrogen) atoms. The highest BCUT2D eigenvalue weighted by molar-refractivity contribution is 6.83. The van der Waals surface area contributed by atoms with Gasteiger partial charge in [0.2, 0.25) is 0 Å². The Labute approximate surface area is 116 Å². The van der Waals surface area contributed by atoms with E-state index in [0.29, 0.717) is 6.61 Å². The molecule has 0 spiro atoms. The van der Waals surface area contributed by atoms with Crippen LogP contribution in [0.5, 0.6) is 0 Å². The lowest BCUT2D eigenvalue weighted by atomic mass is 10.1. The fraction of sp³-hybridized carbons (Fsp3) is 0.438. The van der Waals surface area contributed by atoms with Gasteiger partial charge in [-0.05, 0) is 18.9 Å². The van der Waals surface area contributed by atoms with E-state index in [-0.39, 0.29) is 11.9 Å². The number of carbonyl (C=O) groups excluding carboxylic acids is 1. The number of ether oxygens (including phenoxy) is 1. The third-order valence-corrected chi connectivity index (χ3v) is 3.75. The normalized spacial score (nSPS) is 14.5. The second-order valence-corrected chi connectivity index (χ2v) is 10.8. The van der Waals surface area contributed by atoms with Crippen LogP contribution in [0.4, 0.5) is 0 Å². The topological polar surface area (TPSA) is 26.3 Å². The molecule has 1 aromatic carbocycles. The monoisotopic (exact) mass is 272 g/mol. The number of esters is 1. The van der Waals surface area contributed by atoms with E-state index < -0.39 is 8.07 Å². The van der Waals surface area contributed by atoms with Crippen molar-refractivity contribution in [2.45, 2.75) is 39.1 Å². The molecule has 0 amide bonds. The predicted molar refractivity (Wildman–Crippen MR) is 79.2 cm³/mol. The van der Waals surface area contributed by atoms with E-state index in [1.165, 1.54) is 0 Å². The molecule has 0 N–H and O–H groups in total. The van der Waals surface area contributed by atoms with Gasteiger partial charge in [-0.3, -0.25) is 4.79 Å². The Morgan fingerprint density at radius 3 is 2.63 bits per heavy atom. The molecule has 2 rings (SSSR count). The van der Waals surface area contributed by atoms with Crippen LogP contribution in [0.2, 0.25) is 19.6 Å². The number of hydrogen-bond donors (Lipinski definition) is 0. The predicted octanol–water partition coefficient (Wildman–Crippen LogP) is 3.37. The fourth-order valence-corrected chi connectivity index (χ4v) is 2.12. The first-order valence-corrected chi connectivity index (χ1v) is 10.2. The Balaban J connectivity index is 2.06. The van der Waals surface area contributed by atoms with Crippen molar-refractivity contribution in [1.29, 1.82) is 0 Å². The van der Waals surface area contributed by atoms with Crippen LogP contribution in [0.1, 0.15) is 24.0 Å². The molecule has 0 aliphatic heterocycles. The number of rotatable bonds is 3. The third-order valence-electron chi connectivity index (χ3n) is 2.87. The van der Waals surface area contributed by atoms with Gasteiger partial charge in [0.15, 0.2) is 0 Å². The van der Waals surface area contributed by atoms with E-state index in [4.69, 9.17) is 4.74 Å². The van der Waals surface area contributed by atoms with Crippen molar-refractivity contribution < 1.29 is 9.53 Å². The van der Waals surface area contributed by atoms with Gasteiger partial charge in [-0.1, -0.05) is 43.8 Å². The minimum Gasteiger partial charge on any atom is -0.461 e. The average molecular weight is 272 g/mol.